The summed E-state index contributed by atoms with van der Waals surface area (Å²) in [7, 11) is 0. The fraction of sp³-hybridized carbons (Fsp3) is 0.500. The lowest BCUT2D eigenvalue weighted by molar-refractivity contribution is 0.380. The third kappa shape index (κ3) is 3.72. The Kier molecular flexibility index (Phi) is 6.17. The molecule has 5 nitrogen and oxygen atoms in total. The van der Waals surface area contributed by atoms with E-state index in [1.165, 1.54) is 0 Å². The van der Waals surface area contributed by atoms with Crippen molar-refractivity contribution in [3.8, 4) is 0 Å². The molecule has 0 bridgehead atoms. The molecule has 2 N–H and O–H groups in total. The Morgan fingerprint density at radius 2 is 2.06 bits per heavy atom. The van der Waals surface area contributed by atoms with Gasteiger partial charge in [0.05, 0.1) is 0 Å². The molecule has 18 heavy (non-hydrogen) atoms. The van der Waals surface area contributed by atoms with Crippen LogP contribution in [0.3, 0.4) is 0 Å². The zero-order valence-corrected chi connectivity index (χ0v) is 12.9. The number of hydrogen-bond donors (Lipinski definition) is 1. The van der Waals surface area contributed by atoms with Crippen LogP contribution in [0.15, 0.2) is 29.4 Å². The highest BCUT2D eigenvalue weighted by Crippen LogP contribution is 2.12. The molecule has 0 radical (unpaired) electrons. The molecule has 0 spiro atoms. The van der Waals surface area contributed by atoms with Gasteiger partial charge in [-0.05, 0) is 19.1 Å². The van der Waals surface area contributed by atoms with Crippen LogP contribution in [0.4, 0.5) is 5.82 Å². The van der Waals surface area contributed by atoms with Gasteiger partial charge in [0, 0.05) is 38.9 Å². The van der Waals surface area contributed by atoms with Gasteiger partial charge in [-0.2, -0.15) is 0 Å². The van der Waals surface area contributed by atoms with Gasteiger partial charge in [0.15, 0.2) is 5.96 Å². The van der Waals surface area contributed by atoms with E-state index in [1.807, 2.05) is 31.3 Å². The van der Waals surface area contributed by atoms with Crippen molar-refractivity contribution in [2.75, 3.05) is 37.6 Å². The maximum atomic E-state index is 5.88. The third-order valence-electron chi connectivity index (χ3n) is 2.90. The second kappa shape index (κ2) is 7.40. The number of rotatable bonds is 2. The Morgan fingerprint density at radius 1 is 1.33 bits per heavy atom. The number of nitrogens with zero attached hydrogens (tertiary/aromatic N) is 4. The summed E-state index contributed by atoms with van der Waals surface area (Å²) < 4.78 is 0. The van der Waals surface area contributed by atoms with Crippen molar-refractivity contribution in [1.82, 2.24) is 9.88 Å². The number of guanidine groups is 1. The topological polar surface area (TPSA) is 57.8 Å². The normalized spacial score (nSPS) is 16.4. The van der Waals surface area contributed by atoms with E-state index in [0.29, 0.717) is 5.96 Å². The molecule has 1 fully saturated rings. The SMILES string of the molecule is CCN=C(N)N1CCN(c2ccccn2)CC1.I. The second-order valence-corrected chi connectivity index (χ2v) is 3.99. The van der Waals surface area contributed by atoms with E-state index in [1.54, 1.807) is 0 Å². The first kappa shape index (κ1) is 15.0. The van der Waals surface area contributed by atoms with Crippen molar-refractivity contribution in [2.24, 2.45) is 10.7 Å². The van der Waals surface area contributed by atoms with Gasteiger partial charge in [-0.15, -0.1) is 24.0 Å². The summed E-state index contributed by atoms with van der Waals surface area (Å²) in [6.07, 6.45) is 1.83. The van der Waals surface area contributed by atoms with Crippen LogP contribution in [0.25, 0.3) is 0 Å². The van der Waals surface area contributed by atoms with Gasteiger partial charge in [0.2, 0.25) is 0 Å². The van der Waals surface area contributed by atoms with Gasteiger partial charge in [0.25, 0.3) is 0 Å². The first-order chi connectivity index (χ1) is 8.31. The molecule has 1 aromatic heterocycles. The molecule has 0 amide bonds. The van der Waals surface area contributed by atoms with Crippen LogP contribution in [0.5, 0.6) is 0 Å². The first-order valence-electron chi connectivity index (χ1n) is 6.02. The van der Waals surface area contributed by atoms with E-state index >= 15 is 0 Å². The van der Waals surface area contributed by atoms with Crippen molar-refractivity contribution < 1.29 is 0 Å². The molecule has 1 aliphatic rings. The van der Waals surface area contributed by atoms with E-state index in [0.717, 1.165) is 38.5 Å². The van der Waals surface area contributed by atoms with Gasteiger partial charge in [-0.1, -0.05) is 6.07 Å². The minimum atomic E-state index is 0. The van der Waals surface area contributed by atoms with E-state index in [2.05, 4.69) is 19.8 Å². The second-order valence-electron chi connectivity index (χ2n) is 3.99. The van der Waals surface area contributed by atoms with Crippen molar-refractivity contribution >= 4 is 35.8 Å². The monoisotopic (exact) mass is 361 g/mol. The summed E-state index contributed by atoms with van der Waals surface area (Å²) >= 11 is 0. The van der Waals surface area contributed by atoms with Crippen LogP contribution in [0.2, 0.25) is 0 Å². The van der Waals surface area contributed by atoms with Crippen LogP contribution >= 0.6 is 24.0 Å². The Morgan fingerprint density at radius 3 is 2.61 bits per heavy atom. The average Bonchev–Trinajstić information content (AvgIpc) is 2.40. The summed E-state index contributed by atoms with van der Waals surface area (Å²) in [5.74, 6) is 1.70. The molecule has 2 heterocycles. The first-order valence-corrected chi connectivity index (χ1v) is 6.02. The van der Waals surface area contributed by atoms with Crippen LogP contribution < -0.4 is 10.6 Å². The van der Waals surface area contributed by atoms with Crippen molar-refractivity contribution in [3.05, 3.63) is 24.4 Å². The molecule has 0 atom stereocenters. The summed E-state index contributed by atoms with van der Waals surface area (Å²) in [4.78, 5) is 13.0. The van der Waals surface area contributed by atoms with Crippen LogP contribution in [0.1, 0.15) is 6.92 Å². The number of aliphatic imine (C=N–C) groups is 1. The molecule has 0 saturated carbocycles. The lowest BCUT2D eigenvalue weighted by atomic mass is 10.3. The van der Waals surface area contributed by atoms with Crippen LogP contribution in [0, 0.1) is 0 Å². The number of halogens is 1. The van der Waals surface area contributed by atoms with E-state index in [9.17, 15) is 0 Å². The summed E-state index contributed by atoms with van der Waals surface area (Å²) in [5, 5.41) is 0. The largest absolute Gasteiger partial charge is 0.370 e. The highest BCUT2D eigenvalue weighted by molar-refractivity contribution is 14.0. The molecule has 2 rings (SSSR count). The lowest BCUT2D eigenvalue weighted by Gasteiger charge is -2.35. The zero-order chi connectivity index (χ0) is 12.1. The van der Waals surface area contributed by atoms with E-state index in [4.69, 9.17) is 5.73 Å². The summed E-state index contributed by atoms with van der Waals surface area (Å²) in [5.41, 5.74) is 5.88. The number of anilines is 1. The number of nitrogens with two attached hydrogens (primary N) is 1. The van der Waals surface area contributed by atoms with Gasteiger partial charge >= 0.3 is 0 Å². The fourth-order valence-corrected chi connectivity index (χ4v) is 1.97. The molecule has 1 saturated heterocycles. The molecule has 100 valence electrons. The van der Waals surface area contributed by atoms with Crippen LogP contribution in [-0.4, -0.2) is 48.6 Å². The van der Waals surface area contributed by atoms with Gasteiger partial charge in [-0.3, -0.25) is 4.99 Å². The molecular weight excluding hydrogens is 341 g/mol. The molecule has 6 heteroatoms. The minimum Gasteiger partial charge on any atom is -0.370 e. The van der Waals surface area contributed by atoms with Crippen molar-refractivity contribution in [2.45, 2.75) is 6.92 Å². The number of piperazine rings is 1. The Bertz CT molecular complexity index is 373. The maximum absolute atomic E-state index is 5.88. The maximum Gasteiger partial charge on any atom is 0.191 e. The highest BCUT2D eigenvalue weighted by atomic mass is 127. The third-order valence-corrected chi connectivity index (χ3v) is 2.90. The van der Waals surface area contributed by atoms with E-state index in [-0.39, 0.29) is 24.0 Å². The minimum absolute atomic E-state index is 0. The molecule has 1 aliphatic heterocycles. The number of hydrogen-bond acceptors (Lipinski definition) is 3. The number of pyridine rings is 1. The predicted octanol–water partition coefficient (Wildman–Crippen LogP) is 1.16. The van der Waals surface area contributed by atoms with Gasteiger partial charge < -0.3 is 15.5 Å². The Labute approximate surface area is 125 Å². The standard InChI is InChI=1S/C12H19N5.HI/c1-2-14-12(13)17-9-7-16(8-10-17)11-5-3-4-6-15-11;/h3-6H,2,7-10H2,1H3,(H2,13,14);1H. The average molecular weight is 361 g/mol. The summed E-state index contributed by atoms with van der Waals surface area (Å²) in [6, 6.07) is 5.99. The highest BCUT2D eigenvalue weighted by Gasteiger charge is 2.18. The fourth-order valence-electron chi connectivity index (χ4n) is 1.97. The molecule has 1 aromatic rings. The zero-order valence-electron chi connectivity index (χ0n) is 10.6. The molecule has 0 aliphatic carbocycles. The van der Waals surface area contributed by atoms with Crippen LogP contribution in [-0.2, 0) is 0 Å². The Hall–Kier alpha value is -1.05. The Balaban J connectivity index is 0.00000162. The van der Waals surface area contributed by atoms with Gasteiger partial charge in [0.1, 0.15) is 5.82 Å². The molecular formula is C12H20IN5. The molecule has 0 aromatic carbocycles. The van der Waals surface area contributed by atoms with Gasteiger partial charge in [-0.25, -0.2) is 4.98 Å². The lowest BCUT2D eigenvalue weighted by Crippen LogP contribution is -2.51. The van der Waals surface area contributed by atoms with Crippen molar-refractivity contribution in [1.29, 1.82) is 0 Å². The molecule has 0 unspecified atom stereocenters. The van der Waals surface area contributed by atoms with Crippen molar-refractivity contribution in [3.63, 3.8) is 0 Å². The summed E-state index contributed by atoms with van der Waals surface area (Å²) in [6.45, 7) is 6.44. The quantitative estimate of drug-likeness (QED) is 0.488. The number of aromatic nitrogens is 1. The predicted molar refractivity (Wildman–Crippen MR) is 85.6 cm³/mol. The van der Waals surface area contributed by atoms with E-state index < -0.39 is 0 Å². The smallest absolute Gasteiger partial charge is 0.191 e.